The summed E-state index contributed by atoms with van der Waals surface area (Å²) >= 11 is 5.94. The Morgan fingerprint density at radius 1 is 1.25 bits per heavy atom. The number of halogens is 1. The van der Waals surface area contributed by atoms with Gasteiger partial charge in [-0.1, -0.05) is 48.0 Å². The van der Waals surface area contributed by atoms with Gasteiger partial charge in [-0.25, -0.2) is 0 Å². The molecule has 2 aromatic rings. The molecule has 0 saturated carbocycles. The Kier molecular flexibility index (Phi) is 5.87. The number of hydrogen-bond donors (Lipinski definition) is 2. The summed E-state index contributed by atoms with van der Waals surface area (Å²) in [4.78, 5) is 0. The molecule has 1 radical (unpaired) electrons. The summed E-state index contributed by atoms with van der Waals surface area (Å²) in [5.74, 6) is 0.563. The van der Waals surface area contributed by atoms with E-state index in [4.69, 9.17) is 16.3 Å². The monoisotopic (exact) mass is 290 g/mol. The highest BCUT2D eigenvalue weighted by atomic mass is 35.5. The molecule has 3 nitrogen and oxygen atoms in total. The van der Waals surface area contributed by atoms with Gasteiger partial charge in [-0.05, 0) is 23.8 Å². The lowest BCUT2D eigenvalue weighted by atomic mass is 10.2. The first-order valence-electron chi connectivity index (χ1n) is 6.47. The summed E-state index contributed by atoms with van der Waals surface area (Å²) in [6, 6.07) is 18.0. The topological polar surface area (TPSA) is 41.5 Å². The summed E-state index contributed by atoms with van der Waals surface area (Å²) in [7, 11) is 0. The molecule has 0 bridgehead atoms. The summed E-state index contributed by atoms with van der Waals surface area (Å²) in [5.41, 5.74) is 1.18. The second kappa shape index (κ2) is 7.90. The number of aliphatic hydroxyl groups is 1. The zero-order valence-electron chi connectivity index (χ0n) is 11.1. The molecule has 0 aromatic heterocycles. The molecule has 2 N–H and O–H groups in total. The van der Waals surface area contributed by atoms with Crippen LogP contribution in [0.15, 0.2) is 48.5 Å². The molecule has 0 saturated heterocycles. The average Bonchev–Trinajstić information content (AvgIpc) is 2.47. The van der Waals surface area contributed by atoms with Crippen LogP contribution in [0.3, 0.4) is 0 Å². The minimum absolute atomic E-state index is 0.200. The van der Waals surface area contributed by atoms with Crippen LogP contribution >= 0.6 is 11.6 Å². The second-order valence-corrected chi connectivity index (χ2v) is 4.85. The first-order chi connectivity index (χ1) is 9.75. The van der Waals surface area contributed by atoms with E-state index in [1.54, 1.807) is 18.2 Å². The Hall–Kier alpha value is -1.55. The summed E-state index contributed by atoms with van der Waals surface area (Å²) in [6.45, 7) is 1.38. The van der Waals surface area contributed by atoms with Gasteiger partial charge >= 0.3 is 0 Å². The first-order valence-corrected chi connectivity index (χ1v) is 6.84. The molecule has 0 aliphatic rings. The number of nitrogens with one attached hydrogen (secondary N) is 1. The van der Waals surface area contributed by atoms with Crippen molar-refractivity contribution in [3.05, 3.63) is 65.2 Å². The standard InChI is InChI=1S/C16H17ClNO2/c17-15-8-4-5-9-16(15)20-12-14(19)11-18-10-13-6-2-1-3-7-13/h1-3,5-9,14,18-19H,10-12H2. The maximum Gasteiger partial charge on any atom is 0.138 e. The fourth-order valence-electron chi connectivity index (χ4n) is 1.74. The van der Waals surface area contributed by atoms with E-state index in [-0.39, 0.29) is 6.61 Å². The fourth-order valence-corrected chi connectivity index (χ4v) is 1.92. The Balaban J connectivity index is 1.68. The maximum absolute atomic E-state index is 9.84. The maximum atomic E-state index is 9.84. The zero-order valence-corrected chi connectivity index (χ0v) is 11.8. The van der Waals surface area contributed by atoms with Crippen molar-refractivity contribution in [3.8, 4) is 5.75 Å². The minimum Gasteiger partial charge on any atom is -0.489 e. The highest BCUT2D eigenvalue weighted by Crippen LogP contribution is 2.22. The van der Waals surface area contributed by atoms with Crippen molar-refractivity contribution in [1.29, 1.82) is 0 Å². The van der Waals surface area contributed by atoms with E-state index in [1.807, 2.05) is 30.3 Å². The lowest BCUT2D eigenvalue weighted by Gasteiger charge is -2.14. The van der Waals surface area contributed by atoms with E-state index in [1.165, 1.54) is 5.56 Å². The Bertz CT molecular complexity index is 519. The smallest absolute Gasteiger partial charge is 0.138 e. The van der Waals surface area contributed by atoms with Crippen molar-refractivity contribution >= 4 is 11.6 Å². The van der Waals surface area contributed by atoms with Gasteiger partial charge in [-0.2, -0.15) is 0 Å². The number of ether oxygens (including phenoxy) is 1. The lowest BCUT2D eigenvalue weighted by Crippen LogP contribution is -2.31. The zero-order chi connectivity index (χ0) is 14.2. The molecular weight excluding hydrogens is 274 g/mol. The molecule has 4 heteroatoms. The van der Waals surface area contributed by atoms with Crippen molar-refractivity contribution in [2.24, 2.45) is 0 Å². The van der Waals surface area contributed by atoms with Crippen LogP contribution in [0.1, 0.15) is 5.56 Å². The van der Waals surface area contributed by atoms with Crippen molar-refractivity contribution in [3.63, 3.8) is 0 Å². The third-order valence-electron chi connectivity index (χ3n) is 2.76. The van der Waals surface area contributed by atoms with Crippen LogP contribution in [0, 0.1) is 6.07 Å². The molecule has 2 aromatic carbocycles. The van der Waals surface area contributed by atoms with Crippen LogP contribution in [-0.4, -0.2) is 24.4 Å². The number of rotatable bonds is 7. The molecule has 0 aliphatic heterocycles. The average molecular weight is 291 g/mol. The van der Waals surface area contributed by atoms with Gasteiger partial charge in [0.15, 0.2) is 0 Å². The van der Waals surface area contributed by atoms with Crippen LogP contribution < -0.4 is 10.1 Å². The van der Waals surface area contributed by atoms with Gasteiger partial charge in [0.2, 0.25) is 0 Å². The second-order valence-electron chi connectivity index (χ2n) is 4.44. The van der Waals surface area contributed by atoms with Crippen molar-refractivity contribution < 1.29 is 9.84 Å². The van der Waals surface area contributed by atoms with Crippen LogP contribution in [0.4, 0.5) is 0 Å². The normalized spacial score (nSPS) is 12.1. The van der Waals surface area contributed by atoms with Gasteiger partial charge in [-0.3, -0.25) is 0 Å². The van der Waals surface area contributed by atoms with Crippen LogP contribution in [0.5, 0.6) is 5.75 Å². The van der Waals surface area contributed by atoms with Crippen molar-refractivity contribution in [2.45, 2.75) is 12.6 Å². The third kappa shape index (κ3) is 4.85. The van der Waals surface area contributed by atoms with E-state index in [0.29, 0.717) is 17.3 Å². The third-order valence-corrected chi connectivity index (χ3v) is 3.05. The van der Waals surface area contributed by atoms with Gasteiger partial charge in [0.1, 0.15) is 18.5 Å². The lowest BCUT2D eigenvalue weighted by molar-refractivity contribution is 0.106. The Labute approximate surface area is 124 Å². The van der Waals surface area contributed by atoms with Crippen LogP contribution in [0.25, 0.3) is 0 Å². The van der Waals surface area contributed by atoms with Crippen molar-refractivity contribution in [2.75, 3.05) is 13.2 Å². The predicted molar refractivity (Wildman–Crippen MR) is 79.9 cm³/mol. The summed E-state index contributed by atoms with van der Waals surface area (Å²) in [5, 5.41) is 13.5. The number of hydrogen-bond acceptors (Lipinski definition) is 3. The van der Waals surface area contributed by atoms with Gasteiger partial charge in [-0.15, -0.1) is 0 Å². The number of benzene rings is 2. The molecule has 2 rings (SSSR count). The molecular formula is C16H17ClNO2. The van der Waals surface area contributed by atoms with E-state index in [2.05, 4.69) is 11.4 Å². The quantitative estimate of drug-likeness (QED) is 0.824. The van der Waals surface area contributed by atoms with Crippen LogP contribution in [0.2, 0.25) is 5.02 Å². The molecule has 0 fully saturated rings. The van der Waals surface area contributed by atoms with Gasteiger partial charge in [0, 0.05) is 13.1 Å². The molecule has 0 aliphatic carbocycles. The molecule has 105 valence electrons. The van der Waals surface area contributed by atoms with Crippen molar-refractivity contribution in [1.82, 2.24) is 5.32 Å². The molecule has 1 atom stereocenters. The molecule has 0 spiro atoms. The summed E-state index contributed by atoms with van der Waals surface area (Å²) < 4.78 is 5.46. The molecule has 20 heavy (non-hydrogen) atoms. The highest BCUT2D eigenvalue weighted by Gasteiger charge is 2.06. The number of aliphatic hydroxyl groups excluding tert-OH is 1. The van der Waals surface area contributed by atoms with E-state index < -0.39 is 6.10 Å². The largest absolute Gasteiger partial charge is 0.489 e. The molecule has 0 amide bonds. The Morgan fingerprint density at radius 2 is 2.05 bits per heavy atom. The van der Waals surface area contributed by atoms with E-state index >= 15 is 0 Å². The molecule has 1 unspecified atom stereocenters. The minimum atomic E-state index is -0.584. The first kappa shape index (κ1) is 14.9. The van der Waals surface area contributed by atoms with Crippen LogP contribution in [-0.2, 0) is 6.54 Å². The Morgan fingerprint density at radius 3 is 2.80 bits per heavy atom. The van der Waals surface area contributed by atoms with Gasteiger partial charge < -0.3 is 15.2 Å². The van der Waals surface area contributed by atoms with Gasteiger partial charge in [0.05, 0.1) is 5.02 Å². The summed E-state index contributed by atoms with van der Waals surface area (Å²) in [6.07, 6.45) is -0.584. The van der Waals surface area contributed by atoms with Gasteiger partial charge in [0.25, 0.3) is 0 Å². The highest BCUT2D eigenvalue weighted by molar-refractivity contribution is 6.32. The SMILES string of the molecule is OC(CNCc1ccccc1)COc1cc[c]cc1Cl. The van der Waals surface area contributed by atoms with E-state index in [0.717, 1.165) is 6.54 Å². The predicted octanol–water partition coefficient (Wildman–Crippen LogP) is 2.67. The fraction of sp³-hybridized carbons (Fsp3) is 0.250. The van der Waals surface area contributed by atoms with E-state index in [9.17, 15) is 5.11 Å². The molecule has 0 heterocycles.